The quantitative estimate of drug-likeness (QED) is 0.570. The molecule has 1 nitrogen and oxygen atoms in total. The molecule has 0 bridgehead atoms. The van der Waals surface area contributed by atoms with E-state index in [9.17, 15) is 4.39 Å². The van der Waals surface area contributed by atoms with E-state index in [1.54, 1.807) is 0 Å². The van der Waals surface area contributed by atoms with E-state index < -0.39 is 0 Å². The highest BCUT2D eigenvalue weighted by Gasteiger charge is 2.20. The Morgan fingerprint density at radius 2 is 2.18 bits per heavy atom. The Hall–Kier alpha value is -0.370. The Kier molecular flexibility index (Phi) is 2.66. The van der Waals surface area contributed by atoms with Gasteiger partial charge in [-0.1, -0.05) is 13.8 Å². The van der Waals surface area contributed by atoms with E-state index in [2.05, 4.69) is 0 Å². The van der Waals surface area contributed by atoms with Crippen LogP contribution in [0.1, 0.15) is 27.2 Å². The summed E-state index contributed by atoms with van der Waals surface area (Å²) < 4.78 is 18.2. The van der Waals surface area contributed by atoms with Crippen LogP contribution in [0.15, 0.2) is 11.4 Å². The summed E-state index contributed by atoms with van der Waals surface area (Å²) in [6.45, 7) is 6.20. The fourth-order valence-electron chi connectivity index (χ4n) is 1.34. The fourth-order valence-corrected chi connectivity index (χ4v) is 1.34. The normalized spacial score (nSPS) is 26.5. The molecule has 0 amide bonds. The van der Waals surface area contributed by atoms with Crippen molar-refractivity contribution in [2.24, 2.45) is 5.92 Å². The van der Waals surface area contributed by atoms with Crippen molar-refractivity contribution < 1.29 is 9.13 Å². The van der Waals surface area contributed by atoms with Gasteiger partial charge >= 0.3 is 0 Å². The molecule has 2 heteroatoms. The summed E-state index contributed by atoms with van der Waals surface area (Å²) in [6.07, 6.45) is 0.940. The van der Waals surface area contributed by atoms with Crippen molar-refractivity contribution in [2.45, 2.75) is 33.3 Å². The van der Waals surface area contributed by atoms with E-state index in [4.69, 9.17) is 4.74 Å². The first-order valence-electron chi connectivity index (χ1n) is 4.10. The van der Waals surface area contributed by atoms with E-state index in [-0.39, 0.29) is 18.5 Å². The molecule has 0 saturated heterocycles. The van der Waals surface area contributed by atoms with Crippen molar-refractivity contribution in [3.8, 4) is 0 Å². The van der Waals surface area contributed by atoms with Crippen LogP contribution in [0.25, 0.3) is 0 Å². The van der Waals surface area contributed by atoms with Gasteiger partial charge in [-0.3, -0.25) is 0 Å². The van der Waals surface area contributed by atoms with Crippen LogP contribution in [-0.2, 0) is 4.74 Å². The minimum atomic E-state index is -0.0573. The van der Waals surface area contributed by atoms with Crippen LogP contribution in [0.3, 0.4) is 0 Å². The van der Waals surface area contributed by atoms with Crippen LogP contribution in [0.2, 0.25) is 0 Å². The molecule has 0 spiro atoms. The maximum atomic E-state index is 13.0. The summed E-state index contributed by atoms with van der Waals surface area (Å²) in [4.78, 5) is 0. The van der Waals surface area contributed by atoms with Gasteiger partial charge in [-0.05, 0) is 24.8 Å². The highest BCUT2D eigenvalue weighted by atomic mass is 19.1. The average Bonchev–Trinajstić information content (AvgIpc) is 1.94. The summed E-state index contributed by atoms with van der Waals surface area (Å²) in [7, 11) is 0. The van der Waals surface area contributed by atoms with Crippen molar-refractivity contribution in [3.05, 3.63) is 11.4 Å². The summed E-state index contributed by atoms with van der Waals surface area (Å²) >= 11 is 0. The van der Waals surface area contributed by atoms with Crippen molar-refractivity contribution >= 4 is 0 Å². The van der Waals surface area contributed by atoms with Gasteiger partial charge in [0.2, 0.25) is 0 Å². The van der Waals surface area contributed by atoms with Gasteiger partial charge in [0.15, 0.2) is 0 Å². The molecule has 1 atom stereocenters. The van der Waals surface area contributed by atoms with Crippen LogP contribution < -0.4 is 0 Å². The third kappa shape index (κ3) is 2.03. The molecule has 0 saturated carbocycles. The second-order valence-electron chi connectivity index (χ2n) is 3.41. The highest BCUT2D eigenvalue weighted by molar-refractivity contribution is 5.14. The van der Waals surface area contributed by atoms with Crippen LogP contribution in [0, 0.1) is 5.92 Å². The number of rotatable bonds is 1. The second kappa shape index (κ2) is 3.35. The van der Waals surface area contributed by atoms with E-state index in [0.29, 0.717) is 5.92 Å². The summed E-state index contributed by atoms with van der Waals surface area (Å²) in [5, 5.41) is 0. The van der Waals surface area contributed by atoms with Crippen LogP contribution in [0.4, 0.5) is 4.39 Å². The fraction of sp³-hybridized carbons (Fsp3) is 0.778. The molecule has 0 aliphatic carbocycles. The molecule has 1 aliphatic heterocycles. The van der Waals surface area contributed by atoms with Gasteiger partial charge in [0, 0.05) is 0 Å². The third-order valence-corrected chi connectivity index (χ3v) is 2.05. The minimum Gasteiger partial charge on any atom is -0.371 e. The lowest BCUT2D eigenvalue weighted by atomic mass is 9.95. The predicted molar refractivity (Wildman–Crippen MR) is 43.0 cm³/mol. The summed E-state index contributed by atoms with van der Waals surface area (Å²) in [6, 6.07) is 0. The molecular formula is C9H15FO. The van der Waals surface area contributed by atoms with E-state index in [0.717, 1.165) is 12.0 Å². The SMILES string of the molecule is CC(C)C1=C(F)CO[C@H](C)C1. The average molecular weight is 158 g/mol. The van der Waals surface area contributed by atoms with E-state index in [1.807, 2.05) is 20.8 Å². The number of halogens is 1. The lowest BCUT2D eigenvalue weighted by Crippen LogP contribution is -2.19. The van der Waals surface area contributed by atoms with Crippen LogP contribution in [0.5, 0.6) is 0 Å². The largest absolute Gasteiger partial charge is 0.371 e. The molecule has 0 aromatic rings. The Bertz CT molecular complexity index is 172. The van der Waals surface area contributed by atoms with Crippen molar-refractivity contribution in [1.29, 1.82) is 0 Å². The van der Waals surface area contributed by atoms with Gasteiger partial charge in [0.05, 0.1) is 12.7 Å². The van der Waals surface area contributed by atoms with Crippen LogP contribution >= 0.6 is 0 Å². The molecule has 1 rings (SSSR count). The molecule has 1 heterocycles. The third-order valence-electron chi connectivity index (χ3n) is 2.05. The highest BCUT2D eigenvalue weighted by Crippen LogP contribution is 2.26. The van der Waals surface area contributed by atoms with Gasteiger partial charge in [0.25, 0.3) is 0 Å². The van der Waals surface area contributed by atoms with Gasteiger partial charge in [-0.2, -0.15) is 0 Å². The standard InChI is InChI=1S/C9H15FO/c1-6(2)8-4-7(3)11-5-9(8)10/h6-7H,4-5H2,1-3H3/t7-/m1/s1. The van der Waals surface area contributed by atoms with E-state index in [1.165, 1.54) is 0 Å². The molecule has 0 aromatic carbocycles. The minimum absolute atomic E-state index is 0.0573. The molecule has 64 valence electrons. The van der Waals surface area contributed by atoms with Gasteiger partial charge in [-0.25, -0.2) is 4.39 Å². The summed E-state index contributed by atoms with van der Waals surface area (Å²) in [5.41, 5.74) is 0.934. The number of ether oxygens (including phenoxy) is 1. The Morgan fingerprint density at radius 3 is 2.64 bits per heavy atom. The predicted octanol–water partition coefficient (Wildman–Crippen LogP) is 2.67. The topological polar surface area (TPSA) is 9.23 Å². The molecule has 0 aromatic heterocycles. The van der Waals surface area contributed by atoms with Crippen molar-refractivity contribution in [2.75, 3.05) is 6.61 Å². The molecule has 0 radical (unpaired) electrons. The van der Waals surface area contributed by atoms with Crippen LogP contribution in [-0.4, -0.2) is 12.7 Å². The van der Waals surface area contributed by atoms with Crippen molar-refractivity contribution in [1.82, 2.24) is 0 Å². The first-order valence-corrected chi connectivity index (χ1v) is 4.10. The molecular weight excluding hydrogens is 143 g/mol. The first-order chi connectivity index (χ1) is 5.11. The molecule has 0 fully saturated rings. The molecule has 11 heavy (non-hydrogen) atoms. The monoisotopic (exact) mass is 158 g/mol. The van der Waals surface area contributed by atoms with Gasteiger partial charge in [0.1, 0.15) is 5.83 Å². The lowest BCUT2D eigenvalue weighted by Gasteiger charge is -2.23. The zero-order valence-electron chi connectivity index (χ0n) is 7.36. The smallest absolute Gasteiger partial charge is 0.125 e. The first kappa shape index (κ1) is 8.72. The molecule has 0 N–H and O–H groups in total. The lowest BCUT2D eigenvalue weighted by molar-refractivity contribution is 0.0564. The number of hydrogen-bond donors (Lipinski definition) is 0. The Balaban J connectivity index is 2.71. The van der Waals surface area contributed by atoms with Gasteiger partial charge < -0.3 is 4.74 Å². The Labute approximate surface area is 67.2 Å². The van der Waals surface area contributed by atoms with Gasteiger partial charge in [-0.15, -0.1) is 0 Å². The zero-order valence-corrected chi connectivity index (χ0v) is 7.36. The second-order valence-corrected chi connectivity index (χ2v) is 3.41. The molecule has 1 aliphatic rings. The molecule has 0 unspecified atom stereocenters. The zero-order chi connectivity index (χ0) is 8.43. The maximum Gasteiger partial charge on any atom is 0.125 e. The van der Waals surface area contributed by atoms with E-state index >= 15 is 0 Å². The number of hydrogen-bond acceptors (Lipinski definition) is 1. The van der Waals surface area contributed by atoms with Crippen molar-refractivity contribution in [3.63, 3.8) is 0 Å². The summed E-state index contributed by atoms with van der Waals surface area (Å²) in [5.74, 6) is 0.263. The maximum absolute atomic E-state index is 13.0. The Morgan fingerprint density at radius 1 is 1.55 bits per heavy atom.